The molecule has 1 aliphatic heterocycles. The summed E-state index contributed by atoms with van der Waals surface area (Å²) in [6.07, 6.45) is -0.957. The van der Waals surface area contributed by atoms with Gasteiger partial charge in [-0.2, -0.15) is 0 Å². The van der Waals surface area contributed by atoms with Gasteiger partial charge in [-0.15, -0.1) is 0 Å². The van der Waals surface area contributed by atoms with Crippen LogP contribution in [-0.4, -0.2) is 38.1 Å². The number of rotatable bonds is 3. The average Bonchev–Trinajstić information content (AvgIpc) is 2.54. The zero-order valence-electron chi connectivity index (χ0n) is 11.4. The minimum absolute atomic E-state index is 0.292. The van der Waals surface area contributed by atoms with Crippen molar-refractivity contribution < 1.29 is 19.3 Å². The minimum atomic E-state index is -0.665. The molecule has 1 heterocycles. The van der Waals surface area contributed by atoms with E-state index in [1.807, 2.05) is 36.4 Å². The topological polar surface area (TPSA) is 47.9 Å². The molecule has 0 radical (unpaired) electrons. The Balaban J connectivity index is 1.88. The fourth-order valence-corrected chi connectivity index (χ4v) is 2.46. The lowest BCUT2D eigenvalue weighted by Crippen LogP contribution is -2.33. The number of ether oxygens (including phenoxy) is 3. The van der Waals surface area contributed by atoms with Crippen molar-refractivity contribution in [1.29, 1.82) is 0 Å². The van der Waals surface area contributed by atoms with Gasteiger partial charge in [0.25, 0.3) is 0 Å². The van der Waals surface area contributed by atoms with E-state index in [9.17, 15) is 5.11 Å². The third kappa shape index (κ3) is 2.63. The Morgan fingerprint density at radius 2 is 1.95 bits per heavy atom. The molecule has 4 nitrogen and oxygen atoms in total. The molecule has 0 aromatic heterocycles. The molecule has 1 fully saturated rings. The van der Waals surface area contributed by atoms with E-state index in [0.717, 1.165) is 22.1 Å². The summed E-state index contributed by atoms with van der Waals surface area (Å²) >= 11 is 0. The summed E-state index contributed by atoms with van der Waals surface area (Å²) in [4.78, 5) is 0. The van der Waals surface area contributed by atoms with Gasteiger partial charge >= 0.3 is 0 Å². The Bertz CT molecular complexity index is 590. The molecule has 1 aliphatic rings. The highest BCUT2D eigenvalue weighted by Gasteiger charge is 2.24. The number of fused-ring (bicyclic) bond motifs is 1. The van der Waals surface area contributed by atoms with Crippen molar-refractivity contribution >= 4 is 10.8 Å². The summed E-state index contributed by atoms with van der Waals surface area (Å²) in [5.41, 5.74) is 0.846. The molecule has 3 rings (SSSR count). The van der Waals surface area contributed by atoms with Gasteiger partial charge in [-0.25, -0.2) is 0 Å². The molecule has 106 valence electrons. The summed E-state index contributed by atoms with van der Waals surface area (Å²) in [5, 5.41) is 12.5. The average molecular weight is 274 g/mol. The zero-order chi connectivity index (χ0) is 13.9. The van der Waals surface area contributed by atoms with E-state index in [2.05, 4.69) is 0 Å². The van der Waals surface area contributed by atoms with Crippen LogP contribution in [0, 0.1) is 0 Å². The Hall–Kier alpha value is -1.62. The van der Waals surface area contributed by atoms with Crippen molar-refractivity contribution in [3.8, 4) is 5.75 Å². The summed E-state index contributed by atoms with van der Waals surface area (Å²) < 4.78 is 16.1. The van der Waals surface area contributed by atoms with E-state index in [1.165, 1.54) is 0 Å². The Labute approximate surface area is 117 Å². The second-order valence-electron chi connectivity index (χ2n) is 4.90. The van der Waals surface area contributed by atoms with Gasteiger partial charge in [-0.05, 0) is 34.5 Å². The van der Waals surface area contributed by atoms with Gasteiger partial charge in [0.2, 0.25) is 0 Å². The molecule has 4 heteroatoms. The predicted molar refractivity (Wildman–Crippen MR) is 76.0 cm³/mol. The van der Waals surface area contributed by atoms with Crippen LogP contribution in [0.15, 0.2) is 36.4 Å². The van der Waals surface area contributed by atoms with Gasteiger partial charge in [0.1, 0.15) is 18.0 Å². The number of benzene rings is 2. The van der Waals surface area contributed by atoms with E-state index in [1.54, 1.807) is 7.11 Å². The number of hydrogen-bond acceptors (Lipinski definition) is 4. The summed E-state index contributed by atoms with van der Waals surface area (Å²) in [6, 6.07) is 11.8. The van der Waals surface area contributed by atoms with Gasteiger partial charge in [0.05, 0.1) is 26.9 Å². The fraction of sp³-hybridized carbons (Fsp3) is 0.375. The number of aliphatic hydroxyl groups is 1. The van der Waals surface area contributed by atoms with Crippen LogP contribution in [0.1, 0.15) is 11.7 Å². The maximum Gasteiger partial charge on any atom is 0.119 e. The smallest absolute Gasteiger partial charge is 0.119 e. The molecular formula is C16H18O4. The lowest BCUT2D eigenvalue weighted by molar-refractivity contribution is -0.133. The summed E-state index contributed by atoms with van der Waals surface area (Å²) in [7, 11) is 1.65. The highest BCUT2D eigenvalue weighted by atomic mass is 16.6. The SMILES string of the molecule is COc1ccc2cc(C(O)C3COCCO3)ccc2c1. The molecule has 1 N–H and O–H groups in total. The molecule has 0 spiro atoms. The molecule has 1 saturated heterocycles. The van der Waals surface area contributed by atoms with Crippen LogP contribution in [0.25, 0.3) is 10.8 Å². The van der Waals surface area contributed by atoms with E-state index in [4.69, 9.17) is 14.2 Å². The standard InChI is InChI=1S/C16H18O4/c1-18-14-5-4-11-8-13(3-2-12(11)9-14)16(17)15-10-19-6-7-20-15/h2-5,8-9,15-17H,6-7,10H2,1H3. The predicted octanol–water partition coefficient (Wildman–Crippen LogP) is 2.30. The van der Waals surface area contributed by atoms with Crippen LogP contribution in [-0.2, 0) is 9.47 Å². The van der Waals surface area contributed by atoms with Gasteiger partial charge in [-0.1, -0.05) is 18.2 Å². The lowest BCUT2D eigenvalue weighted by Gasteiger charge is -2.27. The number of hydrogen-bond donors (Lipinski definition) is 1. The molecular weight excluding hydrogens is 256 g/mol. The van der Waals surface area contributed by atoms with Crippen molar-refractivity contribution in [1.82, 2.24) is 0 Å². The van der Waals surface area contributed by atoms with Crippen molar-refractivity contribution in [3.05, 3.63) is 42.0 Å². The van der Waals surface area contributed by atoms with E-state index >= 15 is 0 Å². The minimum Gasteiger partial charge on any atom is -0.497 e. The summed E-state index contributed by atoms with van der Waals surface area (Å²) in [6.45, 7) is 1.56. The van der Waals surface area contributed by atoms with Crippen LogP contribution < -0.4 is 4.74 Å². The van der Waals surface area contributed by atoms with Crippen molar-refractivity contribution in [3.63, 3.8) is 0 Å². The summed E-state index contributed by atoms with van der Waals surface area (Å²) in [5.74, 6) is 0.829. The number of aliphatic hydroxyl groups excluding tert-OH is 1. The third-order valence-corrected chi connectivity index (χ3v) is 3.61. The first-order valence-electron chi connectivity index (χ1n) is 6.73. The highest BCUT2D eigenvalue weighted by Crippen LogP contribution is 2.27. The van der Waals surface area contributed by atoms with Gasteiger partial charge in [-0.3, -0.25) is 0 Å². The lowest BCUT2D eigenvalue weighted by atomic mass is 10.00. The first-order chi connectivity index (χ1) is 9.78. The normalized spacial score (nSPS) is 20.8. The first-order valence-corrected chi connectivity index (χ1v) is 6.73. The Kier molecular flexibility index (Phi) is 3.87. The molecule has 2 atom stereocenters. The van der Waals surface area contributed by atoms with Crippen LogP contribution in [0.4, 0.5) is 0 Å². The molecule has 2 aromatic rings. The first kappa shape index (κ1) is 13.4. The Morgan fingerprint density at radius 1 is 1.15 bits per heavy atom. The quantitative estimate of drug-likeness (QED) is 0.933. The largest absolute Gasteiger partial charge is 0.497 e. The van der Waals surface area contributed by atoms with Crippen LogP contribution in [0.2, 0.25) is 0 Å². The molecule has 0 aliphatic carbocycles. The maximum absolute atomic E-state index is 10.4. The molecule has 2 aromatic carbocycles. The van der Waals surface area contributed by atoms with E-state index in [-0.39, 0.29) is 6.10 Å². The van der Waals surface area contributed by atoms with E-state index < -0.39 is 6.10 Å². The monoisotopic (exact) mass is 274 g/mol. The van der Waals surface area contributed by atoms with Crippen molar-refractivity contribution in [2.75, 3.05) is 26.9 Å². The fourth-order valence-electron chi connectivity index (χ4n) is 2.46. The Morgan fingerprint density at radius 3 is 2.70 bits per heavy atom. The second-order valence-corrected chi connectivity index (χ2v) is 4.90. The van der Waals surface area contributed by atoms with Gasteiger partial charge in [0.15, 0.2) is 0 Å². The zero-order valence-corrected chi connectivity index (χ0v) is 11.4. The van der Waals surface area contributed by atoms with Crippen molar-refractivity contribution in [2.45, 2.75) is 12.2 Å². The van der Waals surface area contributed by atoms with Crippen LogP contribution in [0.3, 0.4) is 0 Å². The van der Waals surface area contributed by atoms with E-state index in [0.29, 0.717) is 19.8 Å². The van der Waals surface area contributed by atoms with Crippen LogP contribution in [0.5, 0.6) is 5.75 Å². The molecule has 0 amide bonds. The molecule has 0 bridgehead atoms. The maximum atomic E-state index is 10.4. The van der Waals surface area contributed by atoms with Crippen LogP contribution >= 0.6 is 0 Å². The van der Waals surface area contributed by atoms with Gasteiger partial charge in [0, 0.05) is 0 Å². The molecule has 0 saturated carbocycles. The highest BCUT2D eigenvalue weighted by molar-refractivity contribution is 5.84. The molecule has 20 heavy (non-hydrogen) atoms. The van der Waals surface area contributed by atoms with Gasteiger partial charge < -0.3 is 19.3 Å². The van der Waals surface area contributed by atoms with Crippen molar-refractivity contribution in [2.24, 2.45) is 0 Å². The second kappa shape index (κ2) is 5.79. The number of methoxy groups -OCH3 is 1. The third-order valence-electron chi connectivity index (χ3n) is 3.61. The molecule has 2 unspecified atom stereocenters.